The number of fused-ring (bicyclic) bond motifs is 1. The van der Waals surface area contributed by atoms with Crippen LogP contribution in [0.2, 0.25) is 5.02 Å². The highest BCUT2D eigenvalue weighted by molar-refractivity contribution is 6.30. The van der Waals surface area contributed by atoms with E-state index in [0.29, 0.717) is 29.4 Å². The summed E-state index contributed by atoms with van der Waals surface area (Å²) in [7, 11) is 1.60. The third-order valence-corrected chi connectivity index (χ3v) is 4.25. The number of aromatic nitrogens is 1. The molecule has 1 aliphatic rings. The van der Waals surface area contributed by atoms with E-state index in [9.17, 15) is 4.79 Å². The molecule has 0 amide bonds. The summed E-state index contributed by atoms with van der Waals surface area (Å²) >= 11 is 6.03. The van der Waals surface area contributed by atoms with Crippen LogP contribution in [0.3, 0.4) is 0 Å². The minimum atomic E-state index is -0.301. The van der Waals surface area contributed by atoms with Crippen LogP contribution in [0.5, 0.6) is 5.75 Å². The highest BCUT2D eigenvalue weighted by Crippen LogP contribution is 2.25. The molecule has 4 nitrogen and oxygen atoms in total. The van der Waals surface area contributed by atoms with Crippen molar-refractivity contribution < 1.29 is 14.3 Å². The number of carbonyl (C=O) groups is 1. The Labute approximate surface area is 140 Å². The summed E-state index contributed by atoms with van der Waals surface area (Å²) in [5, 5.41) is 0.607. The normalized spacial score (nSPS) is 12.8. The lowest BCUT2D eigenvalue weighted by Gasteiger charge is -2.09. The van der Waals surface area contributed by atoms with Gasteiger partial charge >= 0.3 is 5.97 Å². The second kappa shape index (κ2) is 7.01. The van der Waals surface area contributed by atoms with Crippen molar-refractivity contribution in [2.45, 2.75) is 25.7 Å². The van der Waals surface area contributed by atoms with Crippen molar-refractivity contribution in [3.63, 3.8) is 0 Å². The fraction of sp³-hybridized carbons (Fsp3) is 0.333. The monoisotopic (exact) mass is 331 g/mol. The van der Waals surface area contributed by atoms with Crippen LogP contribution < -0.4 is 4.74 Å². The Morgan fingerprint density at radius 1 is 1.26 bits per heavy atom. The number of nitrogens with zero attached hydrogens (tertiary/aromatic N) is 1. The van der Waals surface area contributed by atoms with E-state index < -0.39 is 0 Å². The Balaban J connectivity index is 1.62. The van der Waals surface area contributed by atoms with E-state index in [0.717, 1.165) is 30.4 Å². The summed E-state index contributed by atoms with van der Waals surface area (Å²) in [4.78, 5) is 16.4. The van der Waals surface area contributed by atoms with Gasteiger partial charge in [-0.2, -0.15) is 0 Å². The molecule has 0 aliphatic heterocycles. The van der Waals surface area contributed by atoms with Crippen molar-refractivity contribution in [1.29, 1.82) is 0 Å². The zero-order valence-corrected chi connectivity index (χ0v) is 13.7. The topological polar surface area (TPSA) is 48.4 Å². The Morgan fingerprint density at radius 2 is 2.13 bits per heavy atom. The van der Waals surface area contributed by atoms with Crippen LogP contribution in [0.15, 0.2) is 30.6 Å². The van der Waals surface area contributed by atoms with Gasteiger partial charge in [0.15, 0.2) is 0 Å². The first-order chi connectivity index (χ1) is 11.2. The molecule has 1 aliphatic carbocycles. The largest absolute Gasteiger partial charge is 0.497 e. The molecule has 1 aromatic carbocycles. The number of aryl methyl sites for hydroxylation is 1. The van der Waals surface area contributed by atoms with E-state index in [1.54, 1.807) is 19.4 Å². The minimum absolute atomic E-state index is 0.298. The lowest BCUT2D eigenvalue weighted by Crippen LogP contribution is -2.11. The number of esters is 1. The van der Waals surface area contributed by atoms with E-state index in [2.05, 4.69) is 4.98 Å². The maximum Gasteiger partial charge on any atom is 0.340 e. The molecule has 120 valence electrons. The predicted octanol–water partition coefficient (Wildman–Crippen LogP) is 3.63. The Hall–Kier alpha value is -2.07. The van der Waals surface area contributed by atoms with Crippen molar-refractivity contribution in [1.82, 2.24) is 4.98 Å². The molecule has 3 rings (SSSR count). The summed E-state index contributed by atoms with van der Waals surface area (Å²) in [5.41, 5.74) is 3.83. The van der Waals surface area contributed by atoms with Crippen LogP contribution in [0, 0.1) is 0 Å². The summed E-state index contributed by atoms with van der Waals surface area (Å²) in [6.07, 6.45) is 7.03. The molecular weight excluding hydrogens is 314 g/mol. The summed E-state index contributed by atoms with van der Waals surface area (Å²) in [6.45, 7) is 0.298. The van der Waals surface area contributed by atoms with Crippen LogP contribution in [0.25, 0.3) is 0 Å². The van der Waals surface area contributed by atoms with Crippen LogP contribution in [-0.4, -0.2) is 24.7 Å². The average molecular weight is 332 g/mol. The van der Waals surface area contributed by atoms with Gasteiger partial charge in [-0.15, -0.1) is 0 Å². The highest BCUT2D eigenvalue weighted by atomic mass is 35.5. The molecule has 0 atom stereocenters. The number of halogens is 1. The maximum absolute atomic E-state index is 12.3. The molecule has 2 aromatic rings. The molecule has 23 heavy (non-hydrogen) atoms. The molecular formula is C18H18ClNO3. The third-order valence-electron chi connectivity index (χ3n) is 4.03. The average Bonchev–Trinajstić information content (AvgIpc) is 3.02. The van der Waals surface area contributed by atoms with Gasteiger partial charge in [0.2, 0.25) is 0 Å². The van der Waals surface area contributed by atoms with E-state index in [1.165, 1.54) is 5.56 Å². The van der Waals surface area contributed by atoms with Gasteiger partial charge in [-0.3, -0.25) is 4.98 Å². The standard InChI is InChI=1S/C18H18ClNO3/c1-22-15-8-12(7-14(19)9-15)5-6-23-18(21)17-11-20-10-13-3-2-4-16(13)17/h7-11H,2-6H2,1H3. The molecule has 1 aromatic heterocycles. The number of benzene rings is 1. The van der Waals surface area contributed by atoms with Gasteiger partial charge in [-0.25, -0.2) is 4.79 Å². The fourth-order valence-electron chi connectivity index (χ4n) is 2.90. The molecule has 0 saturated carbocycles. The van der Waals surface area contributed by atoms with Crippen LogP contribution >= 0.6 is 11.6 Å². The molecule has 0 spiro atoms. The predicted molar refractivity (Wildman–Crippen MR) is 88.3 cm³/mol. The van der Waals surface area contributed by atoms with Crippen molar-refractivity contribution in [3.05, 3.63) is 57.9 Å². The van der Waals surface area contributed by atoms with Gasteiger partial charge < -0.3 is 9.47 Å². The van der Waals surface area contributed by atoms with Crippen molar-refractivity contribution >= 4 is 17.6 Å². The van der Waals surface area contributed by atoms with E-state index in [-0.39, 0.29) is 5.97 Å². The Kier molecular flexibility index (Phi) is 4.82. The zero-order valence-electron chi connectivity index (χ0n) is 13.0. The van der Waals surface area contributed by atoms with Crippen LogP contribution in [-0.2, 0) is 24.0 Å². The third kappa shape index (κ3) is 3.64. The molecule has 0 bridgehead atoms. The number of rotatable bonds is 5. The molecule has 0 N–H and O–H groups in total. The second-order valence-corrected chi connectivity index (χ2v) is 6.00. The Morgan fingerprint density at radius 3 is 2.96 bits per heavy atom. The quantitative estimate of drug-likeness (QED) is 0.785. The summed E-state index contributed by atoms with van der Waals surface area (Å²) in [5.74, 6) is 0.397. The molecule has 5 heteroatoms. The number of pyridine rings is 1. The first-order valence-corrected chi connectivity index (χ1v) is 8.01. The van der Waals surface area contributed by atoms with Crippen LogP contribution in [0.4, 0.5) is 0 Å². The first kappa shape index (κ1) is 15.8. The fourth-order valence-corrected chi connectivity index (χ4v) is 3.14. The molecule has 0 unspecified atom stereocenters. The minimum Gasteiger partial charge on any atom is -0.497 e. The summed E-state index contributed by atoms with van der Waals surface area (Å²) in [6, 6.07) is 5.48. The summed E-state index contributed by atoms with van der Waals surface area (Å²) < 4.78 is 10.6. The van der Waals surface area contributed by atoms with Crippen molar-refractivity contribution in [3.8, 4) is 5.75 Å². The number of hydrogen-bond acceptors (Lipinski definition) is 4. The van der Waals surface area contributed by atoms with Gasteiger partial charge in [-0.1, -0.05) is 11.6 Å². The highest BCUT2D eigenvalue weighted by Gasteiger charge is 2.20. The Bertz CT molecular complexity index is 730. The lowest BCUT2D eigenvalue weighted by molar-refractivity contribution is 0.0507. The maximum atomic E-state index is 12.3. The van der Waals surface area contributed by atoms with Crippen molar-refractivity contribution in [2.75, 3.05) is 13.7 Å². The number of methoxy groups -OCH3 is 1. The smallest absolute Gasteiger partial charge is 0.340 e. The van der Waals surface area contributed by atoms with Crippen LogP contribution in [0.1, 0.15) is 33.5 Å². The van der Waals surface area contributed by atoms with Crippen molar-refractivity contribution in [2.24, 2.45) is 0 Å². The SMILES string of the molecule is COc1cc(Cl)cc(CCOC(=O)c2cncc3c2CCC3)c1. The first-order valence-electron chi connectivity index (χ1n) is 7.63. The molecule has 0 fully saturated rings. The van der Waals surface area contributed by atoms with Gasteiger partial charge in [-0.05, 0) is 54.2 Å². The number of ether oxygens (including phenoxy) is 2. The molecule has 0 saturated heterocycles. The molecule has 0 radical (unpaired) electrons. The number of hydrogen-bond donors (Lipinski definition) is 0. The zero-order chi connectivity index (χ0) is 16.2. The van der Waals surface area contributed by atoms with E-state index in [4.69, 9.17) is 21.1 Å². The molecule has 1 heterocycles. The van der Waals surface area contributed by atoms with Gasteiger partial charge in [0.1, 0.15) is 5.75 Å². The van der Waals surface area contributed by atoms with Gasteiger partial charge in [0, 0.05) is 23.8 Å². The lowest BCUT2D eigenvalue weighted by atomic mass is 10.1. The second-order valence-electron chi connectivity index (χ2n) is 5.56. The van der Waals surface area contributed by atoms with Gasteiger partial charge in [0.05, 0.1) is 19.3 Å². The van der Waals surface area contributed by atoms with E-state index >= 15 is 0 Å². The van der Waals surface area contributed by atoms with Gasteiger partial charge in [0.25, 0.3) is 0 Å². The number of carbonyl (C=O) groups excluding carboxylic acids is 1. The van der Waals surface area contributed by atoms with E-state index in [1.807, 2.05) is 18.3 Å².